The van der Waals surface area contributed by atoms with Crippen LogP contribution in [0.15, 0.2) is 6.07 Å². The molecule has 4 fully saturated rings. The van der Waals surface area contributed by atoms with Gasteiger partial charge in [0.1, 0.15) is 41.7 Å². The molecule has 11 heteroatoms. The van der Waals surface area contributed by atoms with Gasteiger partial charge in [0.05, 0.1) is 11.1 Å². The lowest BCUT2D eigenvalue weighted by molar-refractivity contribution is 0.107. The number of aromatic nitrogens is 2. The molecular weight excluding hydrogens is 520 g/mol. The number of nitrogens with two attached hydrogens (primary N) is 1. The van der Waals surface area contributed by atoms with Gasteiger partial charge in [0.25, 0.3) is 0 Å². The smallest absolute Gasteiger partial charge is 0.320 e. The molecule has 6 heterocycles. The lowest BCUT2D eigenvalue weighted by atomic mass is 9.66. The molecule has 8 nitrogen and oxygen atoms in total. The molecule has 39 heavy (non-hydrogen) atoms. The SMILES string of the molecule is N#Cc1c(N)sc2c1C1(CCC2)CN(c2cc(N3CCC(F)CC3)nc(OC[C@@]34CCCN3C[C@H](F)C4)n2)C1. The van der Waals surface area contributed by atoms with Crippen molar-refractivity contribution in [1.29, 1.82) is 5.26 Å². The lowest BCUT2D eigenvalue weighted by Gasteiger charge is -2.53. The van der Waals surface area contributed by atoms with E-state index in [1.807, 2.05) is 6.07 Å². The highest BCUT2D eigenvalue weighted by atomic mass is 32.1. The van der Waals surface area contributed by atoms with Crippen LogP contribution < -0.4 is 20.3 Å². The Kier molecular flexibility index (Phi) is 6.12. The van der Waals surface area contributed by atoms with Gasteiger partial charge in [-0.2, -0.15) is 15.2 Å². The zero-order valence-corrected chi connectivity index (χ0v) is 23.0. The molecule has 1 spiro atoms. The van der Waals surface area contributed by atoms with E-state index in [1.54, 1.807) is 11.3 Å². The van der Waals surface area contributed by atoms with Crippen molar-refractivity contribution in [3.8, 4) is 12.1 Å². The van der Waals surface area contributed by atoms with Crippen LogP contribution in [0.25, 0.3) is 0 Å². The summed E-state index contributed by atoms with van der Waals surface area (Å²) >= 11 is 1.56. The third kappa shape index (κ3) is 4.22. The minimum atomic E-state index is -0.819. The van der Waals surface area contributed by atoms with Crippen molar-refractivity contribution in [3.05, 3.63) is 22.1 Å². The van der Waals surface area contributed by atoms with Crippen molar-refractivity contribution < 1.29 is 13.5 Å². The van der Waals surface area contributed by atoms with Crippen LogP contribution in [0.3, 0.4) is 0 Å². The fourth-order valence-electron chi connectivity index (χ4n) is 7.73. The number of alkyl halides is 2. The van der Waals surface area contributed by atoms with Crippen LogP contribution in [0, 0.1) is 11.3 Å². The Bertz CT molecular complexity index is 1300. The van der Waals surface area contributed by atoms with E-state index in [2.05, 4.69) is 20.8 Å². The summed E-state index contributed by atoms with van der Waals surface area (Å²) in [6.07, 6.45) is 4.93. The van der Waals surface area contributed by atoms with Gasteiger partial charge in [-0.15, -0.1) is 11.3 Å². The van der Waals surface area contributed by atoms with Crippen LogP contribution >= 0.6 is 11.3 Å². The van der Waals surface area contributed by atoms with E-state index < -0.39 is 12.3 Å². The van der Waals surface area contributed by atoms with Crippen LogP contribution in [0.1, 0.15) is 60.9 Å². The van der Waals surface area contributed by atoms with E-state index in [1.165, 1.54) is 4.88 Å². The van der Waals surface area contributed by atoms with Crippen molar-refractivity contribution in [1.82, 2.24) is 14.9 Å². The van der Waals surface area contributed by atoms with E-state index in [0.29, 0.717) is 62.1 Å². The number of hydrogen-bond acceptors (Lipinski definition) is 9. The number of nitriles is 1. The van der Waals surface area contributed by atoms with Gasteiger partial charge in [0.2, 0.25) is 0 Å². The topological polar surface area (TPSA) is 94.5 Å². The number of nitrogens with zero attached hydrogens (tertiary/aromatic N) is 6. The second kappa shape index (κ2) is 9.44. The lowest BCUT2D eigenvalue weighted by Crippen LogP contribution is -2.61. The van der Waals surface area contributed by atoms with Crippen LogP contribution in [-0.4, -0.2) is 78.6 Å². The van der Waals surface area contributed by atoms with Gasteiger partial charge < -0.3 is 20.3 Å². The molecule has 4 aliphatic heterocycles. The zero-order chi connectivity index (χ0) is 26.8. The summed E-state index contributed by atoms with van der Waals surface area (Å²) < 4.78 is 34.5. The molecule has 2 aromatic rings. The normalized spacial score (nSPS) is 28.3. The maximum atomic E-state index is 14.3. The Hall–Kier alpha value is -2.71. The molecule has 2 atom stereocenters. The summed E-state index contributed by atoms with van der Waals surface area (Å²) in [7, 11) is 0. The van der Waals surface area contributed by atoms with Gasteiger partial charge in [-0.05, 0) is 57.1 Å². The summed E-state index contributed by atoms with van der Waals surface area (Å²) in [6.45, 7) is 4.47. The second-order valence-electron chi connectivity index (χ2n) is 12.1. The molecule has 1 aliphatic carbocycles. The first-order chi connectivity index (χ1) is 18.9. The molecule has 2 N–H and O–H groups in total. The molecule has 0 unspecified atom stereocenters. The third-order valence-corrected chi connectivity index (χ3v) is 10.8. The summed E-state index contributed by atoms with van der Waals surface area (Å²) in [6, 6.07) is 4.65. The number of thiophene rings is 1. The summed E-state index contributed by atoms with van der Waals surface area (Å²) in [5, 5.41) is 10.5. The molecule has 2 aromatic heterocycles. The number of fused-ring (bicyclic) bond motifs is 3. The molecule has 0 amide bonds. The van der Waals surface area contributed by atoms with Gasteiger partial charge in [-0.3, -0.25) is 4.90 Å². The van der Waals surface area contributed by atoms with Crippen LogP contribution in [-0.2, 0) is 11.8 Å². The molecule has 4 saturated heterocycles. The Morgan fingerprint density at radius 1 is 1.08 bits per heavy atom. The average Bonchev–Trinajstić information content (AvgIpc) is 3.54. The standard InChI is InChI=1S/C28H35F2N7OS/c29-18-4-9-35(10-5-18)22-11-23(34-26(33-22)38-17-28-7-2-8-37(28)14-19(30)12-28)36-15-27(16-36)6-1-3-21-24(27)20(13-31)25(32)39-21/h11,18-19H,1-10,12,14-17,32H2/t19-,28+/m1/s1. The fraction of sp³-hybridized carbons (Fsp3) is 0.679. The number of ether oxygens (including phenoxy) is 1. The van der Waals surface area contributed by atoms with Gasteiger partial charge >= 0.3 is 6.01 Å². The number of hydrogen-bond donors (Lipinski definition) is 1. The number of anilines is 3. The van der Waals surface area contributed by atoms with E-state index in [0.717, 1.165) is 68.9 Å². The first kappa shape index (κ1) is 25.3. The average molecular weight is 556 g/mol. The van der Waals surface area contributed by atoms with Crippen molar-refractivity contribution in [2.45, 2.75) is 74.7 Å². The quantitative estimate of drug-likeness (QED) is 0.592. The van der Waals surface area contributed by atoms with E-state index in [-0.39, 0.29) is 11.0 Å². The number of piperidine rings is 1. The Morgan fingerprint density at radius 3 is 2.62 bits per heavy atom. The monoisotopic (exact) mass is 555 g/mol. The van der Waals surface area contributed by atoms with Crippen LogP contribution in [0.5, 0.6) is 6.01 Å². The Labute approximate surface area is 231 Å². The van der Waals surface area contributed by atoms with E-state index >= 15 is 0 Å². The molecule has 7 rings (SSSR count). The van der Waals surface area contributed by atoms with Gasteiger partial charge in [0.15, 0.2) is 0 Å². The van der Waals surface area contributed by atoms with E-state index in [9.17, 15) is 14.0 Å². The first-order valence-electron chi connectivity index (χ1n) is 14.2. The van der Waals surface area contributed by atoms with Crippen LogP contribution in [0.4, 0.5) is 25.4 Å². The van der Waals surface area contributed by atoms with Crippen molar-refractivity contribution in [2.24, 2.45) is 0 Å². The molecule has 0 bridgehead atoms. The minimum absolute atomic E-state index is 0.0885. The maximum Gasteiger partial charge on any atom is 0.320 e. The molecule has 0 saturated carbocycles. The Morgan fingerprint density at radius 2 is 1.85 bits per heavy atom. The van der Waals surface area contributed by atoms with Gasteiger partial charge in [-0.25, -0.2) is 8.78 Å². The van der Waals surface area contributed by atoms with Crippen molar-refractivity contribution >= 4 is 28.0 Å². The Balaban J connectivity index is 1.16. The highest BCUT2D eigenvalue weighted by Crippen LogP contribution is 2.51. The molecular formula is C28H35F2N7OS. The van der Waals surface area contributed by atoms with Gasteiger partial charge in [0, 0.05) is 55.5 Å². The number of rotatable bonds is 5. The van der Waals surface area contributed by atoms with E-state index in [4.69, 9.17) is 20.4 Å². The number of nitrogen functional groups attached to an aromatic ring is 1. The van der Waals surface area contributed by atoms with Crippen molar-refractivity contribution in [3.63, 3.8) is 0 Å². The van der Waals surface area contributed by atoms with Crippen LogP contribution in [0.2, 0.25) is 0 Å². The predicted molar refractivity (Wildman–Crippen MR) is 147 cm³/mol. The fourth-order valence-corrected chi connectivity index (χ4v) is 8.92. The number of halogens is 2. The first-order valence-corrected chi connectivity index (χ1v) is 15.1. The van der Waals surface area contributed by atoms with Crippen molar-refractivity contribution in [2.75, 3.05) is 61.4 Å². The summed E-state index contributed by atoms with van der Waals surface area (Å²) in [5.41, 5.74) is 7.65. The minimum Gasteiger partial charge on any atom is -0.461 e. The van der Waals surface area contributed by atoms with Gasteiger partial charge in [-0.1, -0.05) is 0 Å². The molecule has 5 aliphatic rings. The molecule has 0 aromatic carbocycles. The second-order valence-corrected chi connectivity index (χ2v) is 13.3. The third-order valence-electron chi connectivity index (χ3n) is 9.68. The largest absolute Gasteiger partial charge is 0.461 e. The summed E-state index contributed by atoms with van der Waals surface area (Å²) in [4.78, 5) is 17.4. The predicted octanol–water partition coefficient (Wildman–Crippen LogP) is 3.98. The maximum absolute atomic E-state index is 14.3. The molecule has 208 valence electrons. The highest BCUT2D eigenvalue weighted by Gasteiger charge is 2.51. The highest BCUT2D eigenvalue weighted by molar-refractivity contribution is 7.16. The summed E-state index contributed by atoms with van der Waals surface area (Å²) in [5.74, 6) is 1.53. The molecule has 0 radical (unpaired) electrons. The number of aryl methyl sites for hydroxylation is 1. The zero-order valence-electron chi connectivity index (χ0n) is 22.2.